The molecule has 0 bridgehead atoms. The van der Waals surface area contributed by atoms with Crippen molar-refractivity contribution in [2.75, 3.05) is 31.6 Å². The van der Waals surface area contributed by atoms with Gasteiger partial charge in [0.15, 0.2) is 22.7 Å². The highest BCUT2D eigenvalue weighted by atomic mass is 16.4. The van der Waals surface area contributed by atoms with Crippen molar-refractivity contribution in [2.24, 2.45) is 5.41 Å². The first kappa shape index (κ1) is 17.8. The standard InChI is InChI=1S/C21H24N2O4/c1-13-10-15(14(2)24)19-16(11-13)17(25)12-18(27-19)23-8-5-21(6-9-23)4-7-22(3)20(21)26/h10-12H,4-9H2,1-3H3. The molecule has 6 heteroatoms. The fraction of sp³-hybridized carbons (Fsp3) is 0.476. The molecule has 2 aliphatic rings. The van der Waals surface area contributed by atoms with Crippen LogP contribution in [-0.4, -0.2) is 43.3 Å². The van der Waals surface area contributed by atoms with Crippen LogP contribution in [0.1, 0.15) is 42.1 Å². The number of nitrogens with zero attached hydrogens (tertiary/aromatic N) is 2. The van der Waals surface area contributed by atoms with E-state index in [-0.39, 0.29) is 22.5 Å². The van der Waals surface area contributed by atoms with E-state index in [1.54, 1.807) is 12.1 Å². The first-order valence-corrected chi connectivity index (χ1v) is 9.41. The molecule has 1 aromatic heterocycles. The van der Waals surface area contributed by atoms with Gasteiger partial charge in [0.1, 0.15) is 0 Å². The molecule has 6 nitrogen and oxygen atoms in total. The van der Waals surface area contributed by atoms with Gasteiger partial charge in [-0.1, -0.05) is 0 Å². The van der Waals surface area contributed by atoms with Gasteiger partial charge in [-0.3, -0.25) is 14.4 Å². The minimum absolute atomic E-state index is 0.124. The molecule has 0 radical (unpaired) electrons. The third-order valence-corrected chi connectivity index (χ3v) is 6.10. The zero-order valence-corrected chi connectivity index (χ0v) is 16.0. The molecule has 0 aliphatic carbocycles. The Morgan fingerprint density at radius 1 is 1.07 bits per heavy atom. The summed E-state index contributed by atoms with van der Waals surface area (Å²) in [5.74, 6) is 0.588. The van der Waals surface area contributed by atoms with Crippen molar-refractivity contribution in [1.29, 1.82) is 0 Å². The topological polar surface area (TPSA) is 70.8 Å². The van der Waals surface area contributed by atoms with E-state index >= 15 is 0 Å². The molecule has 0 atom stereocenters. The Morgan fingerprint density at radius 3 is 2.33 bits per heavy atom. The average Bonchev–Trinajstić information content (AvgIpc) is 2.91. The minimum Gasteiger partial charge on any atom is -0.440 e. The van der Waals surface area contributed by atoms with Gasteiger partial charge in [-0.25, -0.2) is 0 Å². The molecule has 1 aromatic carbocycles. The van der Waals surface area contributed by atoms with Crippen molar-refractivity contribution in [1.82, 2.24) is 4.90 Å². The lowest BCUT2D eigenvalue weighted by atomic mass is 9.77. The van der Waals surface area contributed by atoms with Gasteiger partial charge in [-0.05, 0) is 50.8 Å². The maximum Gasteiger partial charge on any atom is 0.228 e. The molecule has 2 saturated heterocycles. The summed E-state index contributed by atoms with van der Waals surface area (Å²) in [6.07, 6.45) is 2.41. The number of carbonyl (C=O) groups excluding carboxylic acids is 2. The number of amides is 1. The normalized spacial score (nSPS) is 19.3. The molecule has 1 amide bonds. The first-order valence-electron chi connectivity index (χ1n) is 9.41. The predicted molar refractivity (Wildman–Crippen MR) is 103 cm³/mol. The second-order valence-electron chi connectivity index (χ2n) is 7.94. The van der Waals surface area contributed by atoms with E-state index in [4.69, 9.17) is 4.42 Å². The number of hydrogen-bond donors (Lipinski definition) is 0. The van der Waals surface area contributed by atoms with Crippen molar-refractivity contribution in [2.45, 2.75) is 33.1 Å². The molecule has 2 aliphatic heterocycles. The maximum atomic E-state index is 12.7. The van der Waals surface area contributed by atoms with Crippen LogP contribution in [-0.2, 0) is 4.79 Å². The number of carbonyl (C=O) groups is 2. The summed E-state index contributed by atoms with van der Waals surface area (Å²) in [5, 5.41) is 0.435. The van der Waals surface area contributed by atoms with E-state index in [1.807, 2.05) is 23.8 Å². The number of rotatable bonds is 2. The smallest absolute Gasteiger partial charge is 0.228 e. The first-order chi connectivity index (χ1) is 12.8. The Kier molecular flexibility index (Phi) is 4.09. The van der Waals surface area contributed by atoms with Crippen LogP contribution in [0.3, 0.4) is 0 Å². The van der Waals surface area contributed by atoms with Crippen LogP contribution < -0.4 is 10.3 Å². The van der Waals surface area contributed by atoms with Gasteiger partial charge in [0, 0.05) is 32.7 Å². The summed E-state index contributed by atoms with van der Waals surface area (Å²) in [6.45, 7) is 5.47. The lowest BCUT2D eigenvalue weighted by Crippen LogP contribution is -2.44. The van der Waals surface area contributed by atoms with Gasteiger partial charge < -0.3 is 14.2 Å². The van der Waals surface area contributed by atoms with Crippen molar-refractivity contribution < 1.29 is 14.0 Å². The van der Waals surface area contributed by atoms with Crippen LogP contribution in [0.5, 0.6) is 0 Å². The van der Waals surface area contributed by atoms with Crippen LogP contribution in [0.2, 0.25) is 0 Å². The third kappa shape index (κ3) is 2.83. The monoisotopic (exact) mass is 368 g/mol. The molecule has 3 heterocycles. The second-order valence-corrected chi connectivity index (χ2v) is 7.94. The molecule has 1 spiro atoms. The van der Waals surface area contributed by atoms with E-state index in [2.05, 4.69) is 0 Å². The molecule has 4 rings (SSSR count). The van der Waals surface area contributed by atoms with Gasteiger partial charge in [0.2, 0.25) is 5.91 Å². The minimum atomic E-state index is -0.260. The summed E-state index contributed by atoms with van der Waals surface area (Å²) in [5.41, 5.74) is 1.24. The van der Waals surface area contributed by atoms with Gasteiger partial charge in [-0.2, -0.15) is 0 Å². The van der Waals surface area contributed by atoms with Crippen LogP contribution in [0.15, 0.2) is 27.4 Å². The summed E-state index contributed by atoms with van der Waals surface area (Å²) in [4.78, 5) is 41.0. The van der Waals surface area contributed by atoms with Gasteiger partial charge >= 0.3 is 0 Å². The molecule has 27 heavy (non-hydrogen) atoms. The molecule has 2 fully saturated rings. The fourth-order valence-electron chi connectivity index (χ4n) is 4.42. The number of Topliss-reactive ketones (excluding diaryl/α,β-unsaturated/α-hetero) is 1. The van der Waals surface area contributed by atoms with E-state index in [0.717, 1.165) is 31.4 Å². The van der Waals surface area contributed by atoms with E-state index in [1.165, 1.54) is 13.0 Å². The fourth-order valence-corrected chi connectivity index (χ4v) is 4.42. The van der Waals surface area contributed by atoms with Crippen LogP contribution in [0, 0.1) is 12.3 Å². The average molecular weight is 368 g/mol. The number of anilines is 1. The highest BCUT2D eigenvalue weighted by Gasteiger charge is 2.47. The largest absolute Gasteiger partial charge is 0.440 e. The van der Waals surface area contributed by atoms with Gasteiger partial charge in [-0.15, -0.1) is 0 Å². The molecule has 0 N–H and O–H groups in total. The number of fused-ring (bicyclic) bond motifs is 1. The Morgan fingerprint density at radius 2 is 1.74 bits per heavy atom. The number of ketones is 1. The Labute approximate surface area is 157 Å². The van der Waals surface area contributed by atoms with Gasteiger partial charge in [0.25, 0.3) is 0 Å². The zero-order chi connectivity index (χ0) is 19.3. The quantitative estimate of drug-likeness (QED) is 0.763. The number of aryl methyl sites for hydroxylation is 1. The highest BCUT2D eigenvalue weighted by Crippen LogP contribution is 2.42. The molecule has 142 valence electrons. The van der Waals surface area contributed by atoms with Crippen LogP contribution in [0.25, 0.3) is 11.0 Å². The summed E-state index contributed by atoms with van der Waals surface area (Å²) < 4.78 is 6.04. The summed E-state index contributed by atoms with van der Waals surface area (Å²) in [7, 11) is 1.86. The van der Waals surface area contributed by atoms with E-state index in [9.17, 15) is 14.4 Å². The van der Waals surface area contributed by atoms with E-state index in [0.29, 0.717) is 35.5 Å². The summed E-state index contributed by atoms with van der Waals surface area (Å²) in [6, 6.07) is 5.03. The molecule has 0 saturated carbocycles. The molecule has 0 unspecified atom stereocenters. The lowest BCUT2D eigenvalue weighted by molar-refractivity contribution is -0.135. The highest BCUT2D eigenvalue weighted by molar-refractivity contribution is 6.05. The Bertz CT molecular complexity index is 999. The predicted octanol–water partition coefficient (Wildman–Crippen LogP) is 2.75. The van der Waals surface area contributed by atoms with Crippen molar-refractivity contribution >= 4 is 28.5 Å². The number of benzene rings is 1. The van der Waals surface area contributed by atoms with E-state index < -0.39 is 0 Å². The van der Waals surface area contributed by atoms with Crippen molar-refractivity contribution in [3.8, 4) is 0 Å². The maximum absolute atomic E-state index is 12.7. The lowest BCUT2D eigenvalue weighted by Gasteiger charge is -2.38. The van der Waals surface area contributed by atoms with Crippen LogP contribution in [0.4, 0.5) is 5.88 Å². The molecular weight excluding hydrogens is 344 g/mol. The van der Waals surface area contributed by atoms with Crippen LogP contribution >= 0.6 is 0 Å². The Balaban J connectivity index is 1.68. The SMILES string of the molecule is CC(=O)c1cc(C)cc2c(=O)cc(N3CCC4(CCN(C)C4=O)CC3)oc12. The zero-order valence-electron chi connectivity index (χ0n) is 16.0. The molecule has 2 aromatic rings. The third-order valence-electron chi connectivity index (χ3n) is 6.10. The Hall–Kier alpha value is -2.63. The number of likely N-dealkylation sites (tertiary alicyclic amines) is 1. The van der Waals surface area contributed by atoms with Gasteiger partial charge in [0.05, 0.1) is 16.4 Å². The van der Waals surface area contributed by atoms with Crippen molar-refractivity contribution in [3.05, 3.63) is 39.5 Å². The number of piperidine rings is 1. The second kappa shape index (κ2) is 6.22. The summed E-state index contributed by atoms with van der Waals surface area (Å²) >= 11 is 0. The number of hydrogen-bond acceptors (Lipinski definition) is 5. The van der Waals surface area contributed by atoms with Crippen molar-refractivity contribution in [3.63, 3.8) is 0 Å². The molecular formula is C21H24N2O4.